The smallest absolute Gasteiger partial charge is 0.161 e. The first-order valence-corrected chi connectivity index (χ1v) is 10.2. The zero-order valence-corrected chi connectivity index (χ0v) is 16.2. The topological polar surface area (TPSA) is 67.3 Å². The van der Waals surface area contributed by atoms with Crippen LogP contribution in [0.5, 0.6) is 0 Å². The van der Waals surface area contributed by atoms with Gasteiger partial charge in [-0.15, -0.1) is 0 Å². The molecule has 1 saturated heterocycles. The van der Waals surface area contributed by atoms with Crippen LogP contribution in [0.3, 0.4) is 0 Å². The Hall–Kier alpha value is -1.69. The molecule has 2 aliphatic rings. The van der Waals surface area contributed by atoms with Gasteiger partial charge in [-0.25, -0.2) is 9.97 Å². The highest BCUT2D eigenvalue weighted by molar-refractivity contribution is 6.30. The van der Waals surface area contributed by atoms with Crippen LogP contribution in [0, 0.1) is 5.92 Å². The highest BCUT2D eigenvalue weighted by Gasteiger charge is 2.24. The minimum absolute atomic E-state index is 0.288. The first kappa shape index (κ1) is 18.7. The largest absolute Gasteiger partial charge is 0.391 e. The number of anilines is 1. The van der Waals surface area contributed by atoms with Gasteiger partial charge >= 0.3 is 0 Å². The van der Waals surface area contributed by atoms with Crippen LogP contribution in [0.1, 0.15) is 36.9 Å². The number of rotatable bonds is 5. The van der Waals surface area contributed by atoms with Crippen LogP contribution >= 0.6 is 11.6 Å². The van der Waals surface area contributed by atoms with Crippen molar-refractivity contribution in [3.63, 3.8) is 0 Å². The Morgan fingerprint density at radius 2 is 2.00 bits per heavy atom. The van der Waals surface area contributed by atoms with E-state index in [1.165, 1.54) is 5.56 Å². The third-order valence-corrected chi connectivity index (χ3v) is 5.79. The highest BCUT2D eigenvalue weighted by atomic mass is 35.5. The van der Waals surface area contributed by atoms with Crippen LogP contribution in [-0.2, 0) is 17.6 Å². The van der Waals surface area contributed by atoms with E-state index in [9.17, 15) is 5.11 Å². The fourth-order valence-electron chi connectivity index (χ4n) is 3.97. The van der Waals surface area contributed by atoms with E-state index in [0.29, 0.717) is 17.4 Å². The van der Waals surface area contributed by atoms with Gasteiger partial charge in [-0.1, -0.05) is 23.7 Å². The van der Waals surface area contributed by atoms with Crippen molar-refractivity contribution in [3.8, 4) is 11.4 Å². The molecule has 2 aromatic rings. The number of halogens is 1. The number of benzene rings is 1. The zero-order chi connectivity index (χ0) is 18.6. The number of aryl methyl sites for hydroxylation is 1. The van der Waals surface area contributed by atoms with Crippen LogP contribution in [0.25, 0.3) is 11.4 Å². The van der Waals surface area contributed by atoms with Crippen molar-refractivity contribution >= 4 is 17.4 Å². The number of hydrogen-bond acceptors (Lipinski definition) is 5. The van der Waals surface area contributed by atoms with Gasteiger partial charge in [0, 0.05) is 41.6 Å². The monoisotopic (exact) mass is 387 g/mol. The molecule has 1 aromatic heterocycles. The predicted octanol–water partition coefficient (Wildman–Crippen LogP) is 3.88. The van der Waals surface area contributed by atoms with Gasteiger partial charge < -0.3 is 15.2 Å². The van der Waals surface area contributed by atoms with Gasteiger partial charge in [-0.3, -0.25) is 0 Å². The molecule has 2 heterocycles. The van der Waals surface area contributed by atoms with E-state index >= 15 is 0 Å². The molecular formula is C21H26ClN3O2. The molecule has 0 saturated carbocycles. The van der Waals surface area contributed by atoms with Crippen LogP contribution in [-0.4, -0.2) is 40.9 Å². The van der Waals surface area contributed by atoms with Gasteiger partial charge in [0.05, 0.1) is 6.10 Å². The Morgan fingerprint density at radius 3 is 2.81 bits per heavy atom. The number of nitrogens with zero attached hydrogens (tertiary/aromatic N) is 2. The maximum Gasteiger partial charge on any atom is 0.161 e. The van der Waals surface area contributed by atoms with E-state index < -0.39 is 6.10 Å². The maximum absolute atomic E-state index is 10.6. The minimum Gasteiger partial charge on any atom is -0.391 e. The molecule has 0 bridgehead atoms. The third-order valence-electron chi connectivity index (χ3n) is 5.55. The van der Waals surface area contributed by atoms with Crippen molar-refractivity contribution in [1.29, 1.82) is 0 Å². The molecule has 27 heavy (non-hydrogen) atoms. The summed E-state index contributed by atoms with van der Waals surface area (Å²) in [6.45, 7) is 1.98. The average molecular weight is 388 g/mol. The third kappa shape index (κ3) is 4.42. The summed E-state index contributed by atoms with van der Waals surface area (Å²) in [5.74, 6) is 1.85. The molecule has 0 spiro atoms. The normalized spacial score (nSPS) is 18.7. The summed E-state index contributed by atoms with van der Waals surface area (Å²) in [7, 11) is 0. The fraction of sp³-hybridized carbons (Fsp3) is 0.524. The molecule has 4 rings (SSSR count). The number of aromatic nitrogens is 2. The number of ether oxygens (including phenoxy) is 1. The Bertz CT molecular complexity index is 793. The summed E-state index contributed by atoms with van der Waals surface area (Å²) in [6, 6.07) is 7.65. The lowest BCUT2D eigenvalue weighted by Gasteiger charge is -2.27. The Labute approximate surface area is 165 Å². The first-order valence-electron chi connectivity index (χ1n) is 9.86. The molecular weight excluding hydrogens is 362 g/mol. The van der Waals surface area contributed by atoms with Gasteiger partial charge in [0.1, 0.15) is 5.82 Å². The van der Waals surface area contributed by atoms with Crippen molar-refractivity contribution in [1.82, 2.24) is 9.97 Å². The fourth-order valence-corrected chi connectivity index (χ4v) is 4.16. The minimum atomic E-state index is -0.391. The summed E-state index contributed by atoms with van der Waals surface area (Å²) < 4.78 is 5.40. The second-order valence-electron chi connectivity index (χ2n) is 7.44. The summed E-state index contributed by atoms with van der Waals surface area (Å²) in [5.41, 5.74) is 3.24. The van der Waals surface area contributed by atoms with Crippen molar-refractivity contribution in [2.75, 3.05) is 25.1 Å². The molecule has 1 fully saturated rings. The van der Waals surface area contributed by atoms with Gasteiger partial charge in [0.2, 0.25) is 0 Å². The van der Waals surface area contributed by atoms with Gasteiger partial charge in [-0.2, -0.15) is 0 Å². The molecule has 6 heteroatoms. The molecule has 0 radical (unpaired) electrons. The zero-order valence-electron chi connectivity index (χ0n) is 15.5. The van der Waals surface area contributed by atoms with Gasteiger partial charge in [0.15, 0.2) is 5.82 Å². The molecule has 0 amide bonds. The van der Waals surface area contributed by atoms with Crippen LogP contribution in [0.2, 0.25) is 5.02 Å². The average Bonchev–Trinajstić information content (AvgIpc) is 2.72. The highest BCUT2D eigenvalue weighted by Crippen LogP contribution is 2.29. The number of hydrogen-bond donors (Lipinski definition) is 2. The van der Waals surface area contributed by atoms with Crippen LogP contribution < -0.4 is 5.32 Å². The Balaban J connectivity index is 1.57. The second kappa shape index (κ2) is 8.55. The predicted molar refractivity (Wildman–Crippen MR) is 107 cm³/mol. The summed E-state index contributed by atoms with van der Waals surface area (Å²) in [5, 5.41) is 14.7. The molecule has 1 aliphatic carbocycles. The number of nitrogens with one attached hydrogen (secondary N) is 1. The van der Waals surface area contributed by atoms with E-state index in [4.69, 9.17) is 26.3 Å². The molecule has 144 valence electrons. The van der Waals surface area contributed by atoms with E-state index in [-0.39, 0.29) is 5.92 Å². The quantitative estimate of drug-likeness (QED) is 0.815. The van der Waals surface area contributed by atoms with Crippen molar-refractivity contribution in [2.24, 2.45) is 5.92 Å². The molecule has 5 nitrogen and oxygen atoms in total. The maximum atomic E-state index is 10.6. The van der Waals surface area contributed by atoms with E-state index in [2.05, 4.69) is 5.32 Å². The number of aliphatic hydroxyl groups is 1. The SMILES string of the molecule is OC(CNc1nc(-c2cccc(Cl)c2)nc2c1CCCC2)C1CCOCC1. The lowest BCUT2D eigenvalue weighted by molar-refractivity contribution is 0.0131. The Kier molecular flexibility index (Phi) is 5.91. The number of aliphatic hydroxyl groups excluding tert-OH is 1. The Morgan fingerprint density at radius 1 is 1.19 bits per heavy atom. The molecule has 1 atom stereocenters. The molecule has 1 unspecified atom stereocenters. The van der Waals surface area contributed by atoms with Crippen molar-refractivity contribution < 1.29 is 9.84 Å². The van der Waals surface area contributed by atoms with Crippen molar-refractivity contribution in [2.45, 2.75) is 44.6 Å². The second-order valence-corrected chi connectivity index (χ2v) is 7.87. The lowest BCUT2D eigenvalue weighted by atomic mass is 9.93. The summed E-state index contributed by atoms with van der Waals surface area (Å²) in [4.78, 5) is 9.61. The van der Waals surface area contributed by atoms with E-state index in [1.54, 1.807) is 0 Å². The van der Waals surface area contributed by atoms with E-state index in [0.717, 1.165) is 68.8 Å². The van der Waals surface area contributed by atoms with Crippen LogP contribution in [0.4, 0.5) is 5.82 Å². The van der Waals surface area contributed by atoms with Crippen molar-refractivity contribution in [3.05, 3.63) is 40.5 Å². The van der Waals surface area contributed by atoms with Crippen LogP contribution in [0.15, 0.2) is 24.3 Å². The van der Waals surface area contributed by atoms with Gasteiger partial charge in [-0.05, 0) is 56.6 Å². The van der Waals surface area contributed by atoms with Gasteiger partial charge in [0.25, 0.3) is 0 Å². The molecule has 1 aromatic carbocycles. The number of fused-ring (bicyclic) bond motifs is 1. The lowest BCUT2D eigenvalue weighted by Crippen LogP contribution is -2.33. The summed E-state index contributed by atoms with van der Waals surface area (Å²) >= 11 is 6.15. The van der Waals surface area contributed by atoms with E-state index in [1.807, 2.05) is 24.3 Å². The first-order chi connectivity index (χ1) is 13.2. The summed E-state index contributed by atoms with van der Waals surface area (Å²) in [6.07, 6.45) is 5.71. The molecule has 2 N–H and O–H groups in total. The standard InChI is InChI=1S/C21H26ClN3O2/c22-16-5-3-4-15(12-16)20-24-18-7-2-1-6-17(18)21(25-20)23-13-19(26)14-8-10-27-11-9-14/h3-5,12,14,19,26H,1-2,6-11,13H2,(H,23,24,25). The molecule has 1 aliphatic heterocycles.